The Hall–Kier alpha value is -1.89. The second kappa shape index (κ2) is 5.85. The van der Waals surface area contributed by atoms with Gasteiger partial charge in [0.15, 0.2) is 0 Å². The lowest BCUT2D eigenvalue weighted by molar-refractivity contribution is -0.150. The van der Waals surface area contributed by atoms with Crippen LogP contribution >= 0.6 is 11.3 Å². The third-order valence-electron chi connectivity index (χ3n) is 3.58. The van der Waals surface area contributed by atoms with E-state index in [0.717, 1.165) is 0 Å². The molecule has 1 atom stereocenters. The van der Waals surface area contributed by atoms with Crippen molar-refractivity contribution in [1.82, 2.24) is 15.5 Å². The molecule has 0 aliphatic carbocycles. The van der Waals surface area contributed by atoms with E-state index in [4.69, 9.17) is 0 Å². The van der Waals surface area contributed by atoms with Crippen LogP contribution in [0.2, 0.25) is 0 Å². The molecule has 7 heteroatoms. The average molecular weight is 309 g/mol. The molecule has 6 nitrogen and oxygen atoms in total. The number of nitrogens with one attached hydrogen (secondary N) is 2. The quantitative estimate of drug-likeness (QED) is 0.858. The van der Waals surface area contributed by atoms with Gasteiger partial charge < -0.3 is 15.5 Å². The Bertz CT molecular complexity index is 554. The maximum atomic E-state index is 12.5. The molecule has 0 spiro atoms. The average Bonchev–Trinajstić information content (AvgIpc) is 2.95. The van der Waals surface area contributed by atoms with E-state index >= 15 is 0 Å². The number of hydrogen-bond acceptors (Lipinski definition) is 4. The molecule has 2 heterocycles. The zero-order valence-electron chi connectivity index (χ0n) is 12.3. The zero-order valence-corrected chi connectivity index (χ0v) is 13.1. The van der Waals surface area contributed by atoms with E-state index in [9.17, 15) is 14.4 Å². The van der Waals surface area contributed by atoms with Crippen LogP contribution in [-0.2, 0) is 9.59 Å². The molecule has 2 rings (SSSR count). The second-order valence-corrected chi connectivity index (χ2v) is 6.42. The first-order valence-electron chi connectivity index (χ1n) is 6.78. The van der Waals surface area contributed by atoms with Crippen LogP contribution in [0.15, 0.2) is 17.5 Å². The van der Waals surface area contributed by atoms with E-state index in [1.54, 1.807) is 38.3 Å². The fourth-order valence-electron chi connectivity index (χ4n) is 2.26. The molecule has 0 saturated carbocycles. The summed E-state index contributed by atoms with van der Waals surface area (Å²) in [5.41, 5.74) is -0.906. The Morgan fingerprint density at radius 3 is 2.81 bits per heavy atom. The van der Waals surface area contributed by atoms with Gasteiger partial charge in [0.2, 0.25) is 11.8 Å². The molecule has 1 aliphatic heterocycles. The second-order valence-electron chi connectivity index (χ2n) is 5.48. The highest BCUT2D eigenvalue weighted by Gasteiger charge is 2.41. The minimum Gasteiger partial charge on any atom is -0.352 e. The summed E-state index contributed by atoms with van der Waals surface area (Å²) in [4.78, 5) is 38.4. The number of nitrogens with zero attached hydrogens (tertiary/aromatic N) is 1. The van der Waals surface area contributed by atoms with Crippen LogP contribution in [0.3, 0.4) is 0 Å². The van der Waals surface area contributed by atoms with Gasteiger partial charge in [-0.15, -0.1) is 11.3 Å². The van der Waals surface area contributed by atoms with E-state index < -0.39 is 11.6 Å². The van der Waals surface area contributed by atoms with Gasteiger partial charge in [0.1, 0.15) is 11.6 Å². The number of hydrogen-bond donors (Lipinski definition) is 2. The minimum atomic E-state index is -0.906. The molecule has 114 valence electrons. The van der Waals surface area contributed by atoms with Crippen molar-refractivity contribution in [3.63, 3.8) is 0 Å². The van der Waals surface area contributed by atoms with Gasteiger partial charge in [-0.1, -0.05) is 6.07 Å². The van der Waals surface area contributed by atoms with Crippen LogP contribution in [0.1, 0.15) is 30.4 Å². The molecule has 0 radical (unpaired) electrons. The number of carbonyl (C=O) groups is 3. The Morgan fingerprint density at radius 2 is 2.19 bits per heavy atom. The summed E-state index contributed by atoms with van der Waals surface area (Å²) in [6.45, 7) is 5.91. The fourth-order valence-corrected chi connectivity index (χ4v) is 2.88. The van der Waals surface area contributed by atoms with E-state index in [0.29, 0.717) is 18.0 Å². The molecule has 1 fully saturated rings. The number of thiophene rings is 1. The van der Waals surface area contributed by atoms with Crippen molar-refractivity contribution in [2.45, 2.75) is 32.4 Å². The summed E-state index contributed by atoms with van der Waals surface area (Å²) in [5, 5.41) is 7.23. The number of piperazine rings is 1. The summed E-state index contributed by atoms with van der Waals surface area (Å²) in [6, 6.07) is 2.81. The summed E-state index contributed by atoms with van der Waals surface area (Å²) < 4.78 is 0. The van der Waals surface area contributed by atoms with Crippen LogP contribution in [0.25, 0.3) is 0 Å². The maximum absolute atomic E-state index is 12.5. The van der Waals surface area contributed by atoms with Gasteiger partial charge in [-0.25, -0.2) is 0 Å². The molecule has 1 saturated heterocycles. The number of amides is 3. The molecule has 21 heavy (non-hydrogen) atoms. The molecule has 1 aromatic rings. The third-order valence-corrected chi connectivity index (χ3v) is 4.45. The Morgan fingerprint density at radius 1 is 1.48 bits per heavy atom. The summed E-state index contributed by atoms with van der Waals surface area (Å²) in [5.74, 6) is -0.705. The molecule has 0 bridgehead atoms. The minimum absolute atomic E-state index is 0.182. The number of rotatable bonds is 3. The van der Waals surface area contributed by atoms with E-state index in [-0.39, 0.29) is 17.7 Å². The Kier molecular flexibility index (Phi) is 4.32. The number of carbonyl (C=O) groups excluding carboxylic acids is 3. The van der Waals surface area contributed by atoms with Crippen LogP contribution in [-0.4, -0.2) is 47.3 Å². The van der Waals surface area contributed by atoms with Crippen LogP contribution in [0.4, 0.5) is 0 Å². The molecular weight excluding hydrogens is 290 g/mol. The maximum Gasteiger partial charge on any atom is 0.261 e. The zero-order chi connectivity index (χ0) is 15.6. The van der Waals surface area contributed by atoms with E-state index in [1.807, 2.05) is 0 Å². The smallest absolute Gasteiger partial charge is 0.261 e. The topological polar surface area (TPSA) is 78.5 Å². The first-order chi connectivity index (χ1) is 9.84. The van der Waals surface area contributed by atoms with E-state index in [1.165, 1.54) is 16.2 Å². The van der Waals surface area contributed by atoms with Crippen molar-refractivity contribution in [2.75, 3.05) is 13.1 Å². The molecule has 1 unspecified atom stereocenters. The summed E-state index contributed by atoms with van der Waals surface area (Å²) >= 11 is 1.32. The Balaban J connectivity index is 2.05. The lowest BCUT2D eigenvalue weighted by Crippen LogP contribution is -2.65. The molecule has 3 amide bonds. The predicted molar refractivity (Wildman–Crippen MR) is 80.0 cm³/mol. The highest BCUT2D eigenvalue weighted by Crippen LogP contribution is 2.19. The normalized spacial score (nSPS) is 18.8. The first-order valence-corrected chi connectivity index (χ1v) is 7.66. The Labute approximate surface area is 127 Å². The molecule has 0 aromatic carbocycles. The van der Waals surface area contributed by atoms with Crippen molar-refractivity contribution in [2.24, 2.45) is 0 Å². The third kappa shape index (κ3) is 3.07. The van der Waals surface area contributed by atoms with Gasteiger partial charge in [0, 0.05) is 13.1 Å². The van der Waals surface area contributed by atoms with Gasteiger partial charge in [-0.3, -0.25) is 14.4 Å². The van der Waals surface area contributed by atoms with Crippen molar-refractivity contribution in [3.8, 4) is 0 Å². The lowest BCUT2D eigenvalue weighted by Gasteiger charge is -2.42. The van der Waals surface area contributed by atoms with Crippen LogP contribution in [0.5, 0.6) is 0 Å². The molecule has 2 N–H and O–H groups in total. The first kappa shape index (κ1) is 15.5. The lowest BCUT2D eigenvalue weighted by atomic mass is 9.98. The van der Waals surface area contributed by atoms with Gasteiger partial charge in [0.05, 0.1) is 4.88 Å². The van der Waals surface area contributed by atoms with Gasteiger partial charge in [-0.05, 0) is 32.2 Å². The highest BCUT2D eigenvalue weighted by molar-refractivity contribution is 7.12. The van der Waals surface area contributed by atoms with Crippen LogP contribution in [0, 0.1) is 0 Å². The highest BCUT2D eigenvalue weighted by atomic mass is 32.1. The fraction of sp³-hybridized carbons (Fsp3) is 0.500. The molecule has 1 aliphatic rings. The van der Waals surface area contributed by atoms with Crippen molar-refractivity contribution in [3.05, 3.63) is 22.4 Å². The van der Waals surface area contributed by atoms with Crippen molar-refractivity contribution < 1.29 is 14.4 Å². The summed E-state index contributed by atoms with van der Waals surface area (Å²) in [7, 11) is 0. The van der Waals surface area contributed by atoms with Gasteiger partial charge in [0.25, 0.3) is 5.91 Å². The predicted octanol–water partition coefficient (Wildman–Crippen LogP) is 0.603. The SMILES string of the molecule is CC(NC(=O)c1cccs1)C(=O)N1CCNC(=O)C1(C)C. The monoisotopic (exact) mass is 309 g/mol. The van der Waals surface area contributed by atoms with Gasteiger partial charge in [-0.2, -0.15) is 0 Å². The largest absolute Gasteiger partial charge is 0.352 e. The van der Waals surface area contributed by atoms with Gasteiger partial charge >= 0.3 is 0 Å². The summed E-state index contributed by atoms with van der Waals surface area (Å²) in [6.07, 6.45) is 0. The van der Waals surface area contributed by atoms with E-state index in [2.05, 4.69) is 10.6 Å². The standard InChI is InChI=1S/C14H19N3O3S/c1-9(16-11(18)10-5-4-8-21-10)12(19)17-7-6-15-13(20)14(17,2)3/h4-5,8-9H,6-7H2,1-3H3,(H,15,20)(H,16,18). The molecular formula is C14H19N3O3S. The van der Waals surface area contributed by atoms with Crippen molar-refractivity contribution in [1.29, 1.82) is 0 Å². The van der Waals surface area contributed by atoms with Crippen molar-refractivity contribution >= 4 is 29.1 Å². The van der Waals surface area contributed by atoms with Crippen LogP contribution < -0.4 is 10.6 Å². The molecule has 1 aromatic heterocycles.